The summed E-state index contributed by atoms with van der Waals surface area (Å²) in [6, 6.07) is 6.93. The summed E-state index contributed by atoms with van der Waals surface area (Å²) in [7, 11) is -4.73. The van der Waals surface area contributed by atoms with Gasteiger partial charge in [0.05, 0.1) is 11.2 Å². The molecule has 1 amide bonds. The fraction of sp³-hybridized carbons (Fsp3) is 0.231. The van der Waals surface area contributed by atoms with Crippen LogP contribution in [-0.2, 0) is 15.0 Å². The Labute approximate surface area is 129 Å². The van der Waals surface area contributed by atoms with Gasteiger partial charge in [-0.1, -0.05) is 0 Å². The summed E-state index contributed by atoms with van der Waals surface area (Å²) in [5.41, 5.74) is 1.20. The number of nitrogens with zero attached hydrogens (tertiary/aromatic N) is 2. The maximum atomic E-state index is 13.1. The number of anilines is 1. The summed E-state index contributed by atoms with van der Waals surface area (Å²) in [6.45, 7) is -0.177. The van der Waals surface area contributed by atoms with Crippen molar-refractivity contribution < 1.29 is 17.1 Å². The molecule has 1 aliphatic rings. The van der Waals surface area contributed by atoms with Crippen LogP contribution in [0.4, 0.5) is 9.57 Å². The van der Waals surface area contributed by atoms with E-state index in [1.165, 1.54) is 4.90 Å². The second-order valence-corrected chi connectivity index (χ2v) is 7.24. The minimum absolute atomic E-state index is 0.177. The molecule has 110 valence electrons. The molecular weight excluding hydrogens is 363 g/mol. The van der Waals surface area contributed by atoms with Crippen molar-refractivity contribution in [3.05, 3.63) is 34.9 Å². The summed E-state index contributed by atoms with van der Waals surface area (Å²) in [4.78, 5) is 17.6. The molecule has 1 unspecified atom stereocenters. The van der Waals surface area contributed by atoms with Crippen molar-refractivity contribution in [2.75, 3.05) is 11.4 Å². The van der Waals surface area contributed by atoms with Gasteiger partial charge < -0.3 is 4.90 Å². The van der Waals surface area contributed by atoms with Crippen molar-refractivity contribution in [3.8, 4) is 0 Å². The van der Waals surface area contributed by atoms with Gasteiger partial charge in [-0.15, -0.1) is 3.89 Å². The maximum Gasteiger partial charge on any atom is 0.307 e. The van der Waals surface area contributed by atoms with Crippen molar-refractivity contribution in [1.82, 2.24) is 4.98 Å². The number of carbonyl (C=O) groups is 1. The molecule has 0 aliphatic carbocycles. The standard InChI is InChI=1S/C13H10BrFN2O3S/c14-10-3-4-11(9-2-1-5-16-13(9)10)17-7-8(6-12(17)18)21(15,19)20/h1-5,8H,6-7H2. The van der Waals surface area contributed by atoms with E-state index in [1.54, 1.807) is 30.5 Å². The number of amides is 1. The molecule has 1 aliphatic heterocycles. The van der Waals surface area contributed by atoms with Crippen molar-refractivity contribution in [1.29, 1.82) is 0 Å². The number of hydrogen-bond donors (Lipinski definition) is 0. The molecular formula is C13H10BrFN2O3S. The first-order chi connectivity index (χ1) is 9.88. The van der Waals surface area contributed by atoms with Gasteiger partial charge in [0.2, 0.25) is 5.91 Å². The molecule has 0 radical (unpaired) electrons. The lowest BCUT2D eigenvalue weighted by Gasteiger charge is -2.18. The van der Waals surface area contributed by atoms with E-state index in [-0.39, 0.29) is 13.0 Å². The molecule has 1 fully saturated rings. The maximum absolute atomic E-state index is 13.1. The van der Waals surface area contributed by atoms with Crippen LogP contribution < -0.4 is 4.90 Å². The van der Waals surface area contributed by atoms with Crippen LogP contribution in [0.5, 0.6) is 0 Å². The topological polar surface area (TPSA) is 67.3 Å². The number of benzene rings is 1. The van der Waals surface area contributed by atoms with Crippen LogP contribution in [0.3, 0.4) is 0 Å². The zero-order chi connectivity index (χ0) is 15.2. The molecule has 21 heavy (non-hydrogen) atoms. The van der Waals surface area contributed by atoms with E-state index in [0.717, 1.165) is 4.47 Å². The third-order valence-corrected chi connectivity index (χ3v) is 5.23. The lowest BCUT2D eigenvalue weighted by atomic mass is 10.1. The van der Waals surface area contributed by atoms with Gasteiger partial charge in [-0.05, 0) is 40.2 Å². The van der Waals surface area contributed by atoms with Gasteiger partial charge in [0.15, 0.2) is 0 Å². The van der Waals surface area contributed by atoms with E-state index in [1.807, 2.05) is 0 Å². The minimum atomic E-state index is -4.73. The third kappa shape index (κ3) is 2.53. The summed E-state index contributed by atoms with van der Waals surface area (Å²) < 4.78 is 35.9. The number of rotatable bonds is 2. The van der Waals surface area contributed by atoms with Crippen molar-refractivity contribution in [2.24, 2.45) is 0 Å². The van der Waals surface area contributed by atoms with Gasteiger partial charge in [-0.3, -0.25) is 9.78 Å². The third-order valence-electron chi connectivity index (χ3n) is 3.48. The first-order valence-electron chi connectivity index (χ1n) is 6.15. The fourth-order valence-corrected chi connectivity index (χ4v) is 3.57. The number of carbonyl (C=O) groups excluding carboxylic acids is 1. The molecule has 1 aromatic heterocycles. The zero-order valence-electron chi connectivity index (χ0n) is 10.7. The smallest absolute Gasteiger partial charge is 0.307 e. The Bertz CT molecular complexity index is 840. The highest BCUT2D eigenvalue weighted by atomic mass is 79.9. The molecule has 3 rings (SSSR count). The number of pyridine rings is 1. The monoisotopic (exact) mass is 372 g/mol. The molecule has 2 heterocycles. The van der Waals surface area contributed by atoms with E-state index in [0.29, 0.717) is 16.6 Å². The fourth-order valence-electron chi connectivity index (χ4n) is 2.45. The highest BCUT2D eigenvalue weighted by Crippen LogP contribution is 2.34. The van der Waals surface area contributed by atoms with Gasteiger partial charge in [0.1, 0.15) is 5.25 Å². The molecule has 1 atom stereocenters. The number of hydrogen-bond acceptors (Lipinski definition) is 4. The van der Waals surface area contributed by atoms with Gasteiger partial charge in [-0.2, -0.15) is 8.42 Å². The SMILES string of the molecule is O=C1CC(S(=O)(=O)F)CN1c1ccc(Br)c2ncccc12. The van der Waals surface area contributed by atoms with E-state index in [9.17, 15) is 17.1 Å². The molecule has 1 saturated heterocycles. The van der Waals surface area contributed by atoms with Crippen LogP contribution in [0.1, 0.15) is 6.42 Å². The van der Waals surface area contributed by atoms with Gasteiger partial charge in [0, 0.05) is 29.0 Å². The number of halogens is 2. The van der Waals surface area contributed by atoms with Gasteiger partial charge >= 0.3 is 10.2 Å². The molecule has 1 aromatic carbocycles. The Morgan fingerprint density at radius 2 is 2.10 bits per heavy atom. The lowest BCUT2D eigenvalue weighted by molar-refractivity contribution is -0.117. The van der Waals surface area contributed by atoms with Gasteiger partial charge in [0.25, 0.3) is 0 Å². The Hall–Kier alpha value is -1.54. The average Bonchev–Trinajstić information content (AvgIpc) is 2.82. The van der Waals surface area contributed by atoms with Crippen LogP contribution in [0.15, 0.2) is 34.9 Å². The molecule has 0 bridgehead atoms. The molecule has 0 N–H and O–H groups in total. The molecule has 0 saturated carbocycles. The van der Waals surface area contributed by atoms with E-state index >= 15 is 0 Å². The van der Waals surface area contributed by atoms with Crippen LogP contribution in [0.25, 0.3) is 10.9 Å². The second kappa shape index (κ2) is 5.03. The lowest BCUT2D eigenvalue weighted by Crippen LogP contribution is -2.27. The first-order valence-corrected chi connectivity index (χ1v) is 8.39. The highest BCUT2D eigenvalue weighted by molar-refractivity contribution is 9.10. The minimum Gasteiger partial charge on any atom is -0.310 e. The van der Waals surface area contributed by atoms with Crippen LogP contribution >= 0.6 is 15.9 Å². The summed E-state index contributed by atoms with van der Waals surface area (Å²) in [5.74, 6) is -0.409. The Balaban J connectivity index is 2.10. The largest absolute Gasteiger partial charge is 0.310 e. The summed E-state index contributed by atoms with van der Waals surface area (Å²) >= 11 is 3.38. The molecule has 8 heteroatoms. The first kappa shape index (κ1) is 14.4. The Morgan fingerprint density at radius 1 is 1.33 bits per heavy atom. The van der Waals surface area contributed by atoms with Crippen molar-refractivity contribution in [2.45, 2.75) is 11.7 Å². The van der Waals surface area contributed by atoms with Crippen LogP contribution in [-0.4, -0.2) is 31.1 Å². The average molecular weight is 373 g/mol. The van der Waals surface area contributed by atoms with Crippen molar-refractivity contribution in [3.63, 3.8) is 0 Å². The summed E-state index contributed by atoms with van der Waals surface area (Å²) in [5, 5.41) is -0.600. The van der Waals surface area contributed by atoms with Gasteiger partial charge in [-0.25, -0.2) is 0 Å². The summed E-state index contributed by atoms with van der Waals surface area (Å²) in [6.07, 6.45) is 1.29. The zero-order valence-corrected chi connectivity index (χ0v) is 13.1. The van der Waals surface area contributed by atoms with E-state index in [4.69, 9.17) is 0 Å². The molecule has 5 nitrogen and oxygen atoms in total. The quantitative estimate of drug-likeness (QED) is 0.759. The van der Waals surface area contributed by atoms with E-state index < -0.39 is 21.4 Å². The molecule has 2 aromatic rings. The molecule has 0 spiro atoms. The highest BCUT2D eigenvalue weighted by Gasteiger charge is 2.39. The number of aromatic nitrogens is 1. The van der Waals surface area contributed by atoms with Crippen LogP contribution in [0, 0.1) is 0 Å². The Morgan fingerprint density at radius 3 is 2.76 bits per heavy atom. The predicted molar refractivity (Wildman–Crippen MR) is 80.2 cm³/mol. The van der Waals surface area contributed by atoms with E-state index in [2.05, 4.69) is 20.9 Å². The normalized spacial score (nSPS) is 19.4. The number of fused-ring (bicyclic) bond motifs is 1. The van der Waals surface area contributed by atoms with Crippen molar-refractivity contribution >= 4 is 48.7 Å². The second-order valence-electron chi connectivity index (χ2n) is 4.77. The predicted octanol–water partition coefficient (Wildman–Crippen LogP) is 2.40. The Kier molecular flexibility index (Phi) is 3.45. The van der Waals surface area contributed by atoms with Crippen LogP contribution in [0.2, 0.25) is 0 Å².